The average Bonchev–Trinajstić information content (AvgIpc) is 2.06. The third-order valence-electron chi connectivity index (χ3n) is 1.18. The molecule has 11 heavy (non-hydrogen) atoms. The van der Waals surface area contributed by atoms with Gasteiger partial charge in [0.15, 0.2) is 11.4 Å². The van der Waals surface area contributed by atoms with Crippen molar-refractivity contribution in [2.75, 3.05) is 6.61 Å². The Kier molecular flexibility index (Phi) is 2.45. The Hall–Kier alpha value is -1.56. The van der Waals surface area contributed by atoms with E-state index in [9.17, 15) is 0 Å². The molecule has 0 aromatic carbocycles. The average molecular weight is 148 g/mol. The van der Waals surface area contributed by atoms with Gasteiger partial charge in [0.25, 0.3) is 0 Å². The van der Waals surface area contributed by atoms with Gasteiger partial charge in [-0.2, -0.15) is 5.26 Å². The summed E-state index contributed by atoms with van der Waals surface area (Å²) < 4.78 is 5.14. The second kappa shape index (κ2) is 3.57. The Morgan fingerprint density at radius 2 is 2.55 bits per heavy atom. The normalized spacial score (nSPS) is 8.73. The lowest BCUT2D eigenvalue weighted by atomic mass is 10.3. The summed E-state index contributed by atoms with van der Waals surface area (Å²) in [6, 6.07) is 5.42. The van der Waals surface area contributed by atoms with Gasteiger partial charge in [0.1, 0.15) is 6.07 Å². The van der Waals surface area contributed by atoms with E-state index in [2.05, 4.69) is 4.98 Å². The first kappa shape index (κ1) is 7.55. The quantitative estimate of drug-likeness (QED) is 0.636. The topological polar surface area (TPSA) is 45.9 Å². The number of hydrogen-bond acceptors (Lipinski definition) is 3. The Morgan fingerprint density at radius 1 is 1.73 bits per heavy atom. The van der Waals surface area contributed by atoms with Crippen molar-refractivity contribution in [2.24, 2.45) is 0 Å². The molecule has 0 saturated heterocycles. The zero-order valence-electron chi connectivity index (χ0n) is 6.24. The van der Waals surface area contributed by atoms with Crippen molar-refractivity contribution >= 4 is 0 Å². The van der Waals surface area contributed by atoms with Gasteiger partial charge in [-0.1, -0.05) is 0 Å². The first-order valence-electron chi connectivity index (χ1n) is 3.36. The molecule has 1 aromatic heterocycles. The Labute approximate surface area is 65.3 Å². The van der Waals surface area contributed by atoms with E-state index in [0.29, 0.717) is 18.1 Å². The summed E-state index contributed by atoms with van der Waals surface area (Å²) in [6.45, 7) is 2.43. The first-order chi connectivity index (χ1) is 5.38. The van der Waals surface area contributed by atoms with Crippen LogP contribution in [0.2, 0.25) is 0 Å². The van der Waals surface area contributed by atoms with E-state index in [-0.39, 0.29) is 0 Å². The molecule has 3 nitrogen and oxygen atoms in total. The Balaban J connectivity index is 2.95. The maximum absolute atomic E-state index is 8.55. The number of hydrogen-bond donors (Lipinski definition) is 0. The van der Waals surface area contributed by atoms with Crippen LogP contribution in [0.25, 0.3) is 0 Å². The molecule has 0 bridgehead atoms. The molecule has 1 rings (SSSR count). The van der Waals surface area contributed by atoms with Gasteiger partial charge in [0, 0.05) is 6.20 Å². The van der Waals surface area contributed by atoms with Gasteiger partial charge >= 0.3 is 0 Å². The van der Waals surface area contributed by atoms with Gasteiger partial charge in [-0.05, 0) is 19.1 Å². The standard InChI is InChI=1S/C8H8N2O/c1-2-11-8-4-3-5-10-7(8)6-9/h3-5H,2H2,1H3. The monoisotopic (exact) mass is 148 g/mol. The highest BCUT2D eigenvalue weighted by Crippen LogP contribution is 2.12. The number of nitrogens with zero attached hydrogens (tertiary/aromatic N) is 2. The summed E-state index contributed by atoms with van der Waals surface area (Å²) in [7, 11) is 0. The van der Waals surface area contributed by atoms with Gasteiger partial charge in [-0.15, -0.1) is 0 Å². The van der Waals surface area contributed by atoms with Crippen LogP contribution in [0.15, 0.2) is 18.3 Å². The van der Waals surface area contributed by atoms with Crippen molar-refractivity contribution in [3.05, 3.63) is 24.0 Å². The summed E-state index contributed by atoms with van der Waals surface area (Å²) in [5.74, 6) is 0.553. The fourth-order valence-corrected chi connectivity index (χ4v) is 0.746. The van der Waals surface area contributed by atoms with Crippen molar-refractivity contribution in [1.82, 2.24) is 4.98 Å². The SMILES string of the molecule is CCOc1cccnc1C#N. The Bertz CT molecular complexity index is 278. The maximum Gasteiger partial charge on any atom is 0.182 e. The predicted octanol–water partition coefficient (Wildman–Crippen LogP) is 1.35. The van der Waals surface area contributed by atoms with Crippen LogP contribution in [0.1, 0.15) is 12.6 Å². The molecule has 0 atom stereocenters. The van der Waals surface area contributed by atoms with Crippen LogP contribution in [-0.2, 0) is 0 Å². The van der Waals surface area contributed by atoms with E-state index < -0.39 is 0 Å². The summed E-state index contributed by atoms with van der Waals surface area (Å²) in [5.41, 5.74) is 0.342. The predicted molar refractivity (Wildman–Crippen MR) is 40.1 cm³/mol. The zero-order valence-corrected chi connectivity index (χ0v) is 6.24. The van der Waals surface area contributed by atoms with Gasteiger partial charge in [0.2, 0.25) is 0 Å². The zero-order chi connectivity index (χ0) is 8.10. The van der Waals surface area contributed by atoms with E-state index in [1.807, 2.05) is 13.0 Å². The van der Waals surface area contributed by atoms with Crippen LogP contribution in [0.4, 0.5) is 0 Å². The second-order valence-electron chi connectivity index (χ2n) is 1.89. The van der Waals surface area contributed by atoms with Crippen LogP contribution < -0.4 is 4.74 Å². The van der Waals surface area contributed by atoms with E-state index >= 15 is 0 Å². The molecule has 0 aliphatic heterocycles. The van der Waals surface area contributed by atoms with Crippen molar-refractivity contribution in [1.29, 1.82) is 5.26 Å². The van der Waals surface area contributed by atoms with Crippen LogP contribution in [0.5, 0.6) is 5.75 Å². The van der Waals surface area contributed by atoms with Crippen LogP contribution in [0, 0.1) is 11.3 Å². The summed E-state index contributed by atoms with van der Waals surface area (Å²) in [4.78, 5) is 3.83. The third-order valence-corrected chi connectivity index (χ3v) is 1.18. The molecule has 0 aliphatic carbocycles. The molecule has 0 unspecified atom stereocenters. The lowest BCUT2D eigenvalue weighted by Crippen LogP contribution is -1.95. The largest absolute Gasteiger partial charge is 0.491 e. The van der Waals surface area contributed by atoms with Gasteiger partial charge in [-0.3, -0.25) is 0 Å². The van der Waals surface area contributed by atoms with Crippen molar-refractivity contribution < 1.29 is 4.74 Å². The van der Waals surface area contributed by atoms with Gasteiger partial charge in [0.05, 0.1) is 6.61 Å². The number of ether oxygens (including phenoxy) is 1. The van der Waals surface area contributed by atoms with E-state index in [4.69, 9.17) is 10.00 Å². The minimum Gasteiger partial charge on any atom is -0.491 e. The maximum atomic E-state index is 8.55. The Morgan fingerprint density at radius 3 is 3.18 bits per heavy atom. The van der Waals surface area contributed by atoms with Gasteiger partial charge in [-0.25, -0.2) is 4.98 Å². The molecule has 0 radical (unpaired) electrons. The fraction of sp³-hybridized carbons (Fsp3) is 0.250. The lowest BCUT2D eigenvalue weighted by Gasteiger charge is -2.01. The molecule has 56 valence electrons. The molecule has 3 heteroatoms. The summed E-state index contributed by atoms with van der Waals surface area (Å²) in [5, 5.41) is 8.55. The molecule has 1 aromatic rings. The van der Waals surface area contributed by atoms with Crippen molar-refractivity contribution in [2.45, 2.75) is 6.92 Å². The molecule has 0 fully saturated rings. The first-order valence-corrected chi connectivity index (χ1v) is 3.36. The van der Waals surface area contributed by atoms with E-state index in [1.54, 1.807) is 18.3 Å². The van der Waals surface area contributed by atoms with Crippen LogP contribution >= 0.6 is 0 Å². The lowest BCUT2D eigenvalue weighted by molar-refractivity contribution is 0.337. The smallest absolute Gasteiger partial charge is 0.182 e. The number of aromatic nitrogens is 1. The number of nitriles is 1. The minimum atomic E-state index is 0.342. The highest BCUT2D eigenvalue weighted by atomic mass is 16.5. The molecule has 0 amide bonds. The number of rotatable bonds is 2. The molecular weight excluding hydrogens is 140 g/mol. The third kappa shape index (κ3) is 1.68. The fourth-order valence-electron chi connectivity index (χ4n) is 0.746. The van der Waals surface area contributed by atoms with Crippen molar-refractivity contribution in [3.63, 3.8) is 0 Å². The molecule has 0 saturated carbocycles. The molecular formula is C8H8N2O. The summed E-state index contributed by atoms with van der Waals surface area (Å²) in [6.07, 6.45) is 1.57. The van der Waals surface area contributed by atoms with Crippen LogP contribution in [0.3, 0.4) is 0 Å². The second-order valence-corrected chi connectivity index (χ2v) is 1.89. The highest BCUT2D eigenvalue weighted by molar-refractivity contribution is 5.36. The van der Waals surface area contributed by atoms with Gasteiger partial charge < -0.3 is 4.74 Å². The van der Waals surface area contributed by atoms with E-state index in [0.717, 1.165) is 0 Å². The molecule has 1 heterocycles. The van der Waals surface area contributed by atoms with E-state index in [1.165, 1.54) is 0 Å². The number of pyridine rings is 1. The minimum absolute atomic E-state index is 0.342. The van der Waals surface area contributed by atoms with Crippen LogP contribution in [-0.4, -0.2) is 11.6 Å². The highest BCUT2D eigenvalue weighted by Gasteiger charge is 2.00. The van der Waals surface area contributed by atoms with Crippen molar-refractivity contribution in [3.8, 4) is 11.8 Å². The molecule has 0 aliphatic rings. The molecule has 0 spiro atoms. The summed E-state index contributed by atoms with van der Waals surface area (Å²) >= 11 is 0. The molecule has 0 N–H and O–H groups in total.